The van der Waals surface area contributed by atoms with Crippen LogP contribution < -0.4 is 0 Å². The van der Waals surface area contributed by atoms with E-state index in [1.165, 1.54) is 18.4 Å². The fraction of sp³-hybridized carbons (Fsp3) is 0.231. The molecule has 1 aliphatic carbocycles. The van der Waals surface area contributed by atoms with Crippen LogP contribution in [0, 0.1) is 5.92 Å². The van der Waals surface area contributed by atoms with Gasteiger partial charge in [-0.1, -0.05) is 54.6 Å². The maximum Gasteiger partial charge on any atom is -0.0155 e. The zero-order valence-electron chi connectivity index (χ0n) is 7.69. The second-order valence-corrected chi connectivity index (χ2v) is 3.50. The zero-order valence-corrected chi connectivity index (χ0v) is 7.69. The molecule has 0 spiro atoms. The van der Waals surface area contributed by atoms with E-state index in [0.29, 0.717) is 5.92 Å². The van der Waals surface area contributed by atoms with Crippen molar-refractivity contribution < 1.29 is 0 Å². The summed E-state index contributed by atoms with van der Waals surface area (Å²) in [5.74, 6) is 0.701. The summed E-state index contributed by atoms with van der Waals surface area (Å²) in [5.41, 5.74) is 1.44. The number of benzene rings is 1. The molecule has 0 amide bonds. The summed E-state index contributed by atoms with van der Waals surface area (Å²) in [7, 11) is 0. The van der Waals surface area contributed by atoms with E-state index in [9.17, 15) is 0 Å². The number of rotatable bonds is 2. The molecule has 0 nitrogen and oxygen atoms in total. The first-order chi connectivity index (χ1) is 6.45. The van der Waals surface area contributed by atoms with Crippen molar-refractivity contribution in [1.82, 2.24) is 0 Å². The predicted molar refractivity (Wildman–Crippen MR) is 56.5 cm³/mol. The Morgan fingerprint density at radius 1 is 1.08 bits per heavy atom. The van der Waals surface area contributed by atoms with E-state index in [2.05, 4.69) is 54.6 Å². The van der Waals surface area contributed by atoms with Gasteiger partial charge in [-0.25, -0.2) is 0 Å². The highest BCUT2D eigenvalue weighted by atomic mass is 14.1. The molecule has 0 heteroatoms. The van der Waals surface area contributed by atoms with E-state index < -0.39 is 0 Å². The van der Waals surface area contributed by atoms with Crippen LogP contribution in [0.2, 0.25) is 0 Å². The molecule has 66 valence electrons. The Morgan fingerprint density at radius 2 is 1.92 bits per heavy atom. The molecular formula is C13H14. The summed E-state index contributed by atoms with van der Waals surface area (Å²) in [6.07, 6.45) is 11.2. The molecule has 0 bridgehead atoms. The van der Waals surface area contributed by atoms with Gasteiger partial charge in [-0.2, -0.15) is 0 Å². The summed E-state index contributed by atoms with van der Waals surface area (Å²) >= 11 is 0. The zero-order chi connectivity index (χ0) is 8.93. The van der Waals surface area contributed by atoms with Crippen LogP contribution in [0.25, 0.3) is 0 Å². The van der Waals surface area contributed by atoms with Gasteiger partial charge in [0.25, 0.3) is 0 Å². The van der Waals surface area contributed by atoms with Crippen molar-refractivity contribution in [3.05, 3.63) is 60.2 Å². The molecule has 2 rings (SSSR count). The fourth-order valence-corrected chi connectivity index (χ4v) is 1.70. The van der Waals surface area contributed by atoms with Gasteiger partial charge in [0.05, 0.1) is 0 Å². The predicted octanol–water partition coefficient (Wildman–Crippen LogP) is 3.36. The average Bonchev–Trinajstić information content (AvgIpc) is 2.21. The summed E-state index contributed by atoms with van der Waals surface area (Å²) < 4.78 is 0. The molecule has 0 radical (unpaired) electrons. The molecule has 13 heavy (non-hydrogen) atoms. The summed E-state index contributed by atoms with van der Waals surface area (Å²) in [6, 6.07) is 10.7. The third kappa shape index (κ3) is 2.32. The van der Waals surface area contributed by atoms with Crippen LogP contribution in [-0.4, -0.2) is 0 Å². The molecule has 0 heterocycles. The van der Waals surface area contributed by atoms with E-state index in [-0.39, 0.29) is 0 Å². The third-order valence-corrected chi connectivity index (χ3v) is 2.41. The molecule has 0 unspecified atom stereocenters. The average molecular weight is 170 g/mol. The molecule has 0 aromatic heterocycles. The first-order valence-corrected chi connectivity index (χ1v) is 4.82. The van der Waals surface area contributed by atoms with E-state index in [0.717, 1.165) is 0 Å². The van der Waals surface area contributed by atoms with Crippen LogP contribution in [0.1, 0.15) is 12.0 Å². The Bertz CT molecular complexity index is 306. The standard InChI is InChI=1S/C13H14/c1-3-7-12(8-4-1)11-13-9-5-2-6-10-13/h1-9,13H,10-11H2/t13-/m1/s1. The first-order valence-electron chi connectivity index (χ1n) is 4.82. The van der Waals surface area contributed by atoms with Gasteiger partial charge >= 0.3 is 0 Å². The molecule has 0 N–H and O–H groups in total. The molecule has 0 saturated carbocycles. The Labute approximate surface area is 79.6 Å². The van der Waals surface area contributed by atoms with E-state index in [1.807, 2.05) is 0 Å². The summed E-state index contributed by atoms with van der Waals surface area (Å²) in [4.78, 5) is 0. The molecule has 1 aliphatic rings. The minimum absolute atomic E-state index is 0.701. The summed E-state index contributed by atoms with van der Waals surface area (Å²) in [5, 5.41) is 0. The van der Waals surface area contributed by atoms with Crippen molar-refractivity contribution in [2.75, 3.05) is 0 Å². The third-order valence-electron chi connectivity index (χ3n) is 2.41. The molecule has 1 aromatic carbocycles. The van der Waals surface area contributed by atoms with Crippen LogP contribution in [0.3, 0.4) is 0 Å². The van der Waals surface area contributed by atoms with Crippen LogP contribution in [0.4, 0.5) is 0 Å². The monoisotopic (exact) mass is 170 g/mol. The van der Waals surface area contributed by atoms with Gasteiger partial charge in [-0.05, 0) is 24.3 Å². The Morgan fingerprint density at radius 3 is 2.62 bits per heavy atom. The van der Waals surface area contributed by atoms with Crippen molar-refractivity contribution in [1.29, 1.82) is 0 Å². The van der Waals surface area contributed by atoms with Crippen molar-refractivity contribution in [2.24, 2.45) is 5.92 Å². The van der Waals surface area contributed by atoms with Crippen molar-refractivity contribution in [3.8, 4) is 0 Å². The number of hydrogen-bond acceptors (Lipinski definition) is 0. The lowest BCUT2D eigenvalue weighted by molar-refractivity contribution is 0.653. The van der Waals surface area contributed by atoms with Crippen LogP contribution in [-0.2, 0) is 6.42 Å². The lowest BCUT2D eigenvalue weighted by Gasteiger charge is -2.12. The minimum Gasteiger partial charge on any atom is -0.0840 e. The van der Waals surface area contributed by atoms with Crippen molar-refractivity contribution in [2.45, 2.75) is 12.8 Å². The van der Waals surface area contributed by atoms with Gasteiger partial charge in [0, 0.05) is 0 Å². The lowest BCUT2D eigenvalue weighted by atomic mass is 9.93. The molecule has 1 atom stereocenters. The molecule has 0 fully saturated rings. The molecule has 0 saturated heterocycles. The Balaban J connectivity index is 1.99. The van der Waals surface area contributed by atoms with E-state index in [4.69, 9.17) is 0 Å². The maximum absolute atomic E-state index is 2.30. The maximum atomic E-state index is 2.30. The van der Waals surface area contributed by atoms with Crippen molar-refractivity contribution >= 4 is 0 Å². The van der Waals surface area contributed by atoms with Gasteiger partial charge in [0.15, 0.2) is 0 Å². The van der Waals surface area contributed by atoms with Gasteiger partial charge in [0.2, 0.25) is 0 Å². The van der Waals surface area contributed by atoms with Gasteiger partial charge in [-0.3, -0.25) is 0 Å². The van der Waals surface area contributed by atoms with Crippen LogP contribution in [0.15, 0.2) is 54.6 Å². The second kappa shape index (κ2) is 4.08. The SMILES string of the molecule is C1=CC[C@H](Cc2ccccc2)C=C1. The molecule has 1 aromatic rings. The topological polar surface area (TPSA) is 0 Å². The highest BCUT2D eigenvalue weighted by molar-refractivity contribution is 5.19. The van der Waals surface area contributed by atoms with E-state index in [1.54, 1.807) is 0 Å². The van der Waals surface area contributed by atoms with Gasteiger partial charge in [-0.15, -0.1) is 0 Å². The fourth-order valence-electron chi connectivity index (χ4n) is 1.70. The molecule has 0 aliphatic heterocycles. The van der Waals surface area contributed by atoms with Crippen LogP contribution in [0.5, 0.6) is 0 Å². The van der Waals surface area contributed by atoms with Crippen molar-refractivity contribution in [3.63, 3.8) is 0 Å². The Kier molecular flexibility index (Phi) is 2.61. The first kappa shape index (κ1) is 8.31. The second-order valence-electron chi connectivity index (χ2n) is 3.50. The number of allylic oxidation sites excluding steroid dienone is 4. The lowest BCUT2D eigenvalue weighted by Crippen LogP contribution is -2.01. The smallest absolute Gasteiger partial charge is 0.0155 e. The number of hydrogen-bond donors (Lipinski definition) is 0. The molecular weight excluding hydrogens is 156 g/mol. The Hall–Kier alpha value is -1.30. The van der Waals surface area contributed by atoms with Gasteiger partial charge in [0.1, 0.15) is 0 Å². The summed E-state index contributed by atoms with van der Waals surface area (Å²) in [6.45, 7) is 0. The quantitative estimate of drug-likeness (QED) is 0.638. The van der Waals surface area contributed by atoms with Gasteiger partial charge < -0.3 is 0 Å². The largest absolute Gasteiger partial charge is 0.0840 e. The van der Waals surface area contributed by atoms with Crippen LogP contribution >= 0.6 is 0 Å². The normalized spacial score (nSPS) is 20.5. The highest BCUT2D eigenvalue weighted by Gasteiger charge is 2.05. The minimum atomic E-state index is 0.701. The van der Waals surface area contributed by atoms with E-state index >= 15 is 0 Å². The highest BCUT2D eigenvalue weighted by Crippen LogP contribution is 2.16.